The van der Waals surface area contributed by atoms with E-state index in [9.17, 15) is 14.4 Å². The average molecular weight is 912 g/mol. The van der Waals surface area contributed by atoms with Gasteiger partial charge in [-0.2, -0.15) is 0 Å². The van der Waals surface area contributed by atoms with E-state index >= 15 is 0 Å². The largest absolute Gasteiger partial charge is 0.444 e. The Morgan fingerprint density at radius 3 is 1.36 bits per heavy atom. The van der Waals surface area contributed by atoms with Crippen LogP contribution >= 0.6 is 0 Å². The summed E-state index contributed by atoms with van der Waals surface area (Å²) < 4.78 is 17.4. The van der Waals surface area contributed by atoms with Gasteiger partial charge in [-0.25, -0.2) is 14.4 Å². The molecule has 0 spiro atoms. The van der Waals surface area contributed by atoms with Gasteiger partial charge in [-0.05, 0) is 184 Å². The highest BCUT2D eigenvalue weighted by Gasteiger charge is 2.24. The molecule has 3 aromatic carbocycles. The minimum Gasteiger partial charge on any atom is -0.444 e. The summed E-state index contributed by atoms with van der Waals surface area (Å²) in [5, 5.41) is 3.74. The third kappa shape index (κ3) is 22.1. The molecule has 7 heteroatoms. The third-order valence-corrected chi connectivity index (χ3v) is 11.6. The molecule has 0 saturated carbocycles. The zero-order valence-electron chi connectivity index (χ0n) is 43.1. The van der Waals surface area contributed by atoms with E-state index in [4.69, 9.17) is 14.2 Å². The lowest BCUT2D eigenvalue weighted by atomic mass is 9.95. The van der Waals surface area contributed by atoms with Gasteiger partial charge in [-0.15, -0.1) is 0 Å². The Bertz CT molecular complexity index is 2320. The lowest BCUT2D eigenvalue weighted by Gasteiger charge is -2.21. The summed E-state index contributed by atoms with van der Waals surface area (Å²) in [6.07, 6.45) is 29.1. The first-order chi connectivity index (χ1) is 31.8. The number of hydrogen-bond donors (Lipinski definition) is 1. The fourth-order valence-electron chi connectivity index (χ4n) is 7.59. The van der Waals surface area contributed by atoms with E-state index in [1.807, 2.05) is 37.3 Å². The predicted molar refractivity (Wildman–Crippen MR) is 281 cm³/mol. The van der Waals surface area contributed by atoms with E-state index in [1.54, 1.807) is 45.0 Å². The molecule has 0 fully saturated rings. The van der Waals surface area contributed by atoms with Crippen molar-refractivity contribution >= 4 is 28.8 Å². The molecule has 1 N–H and O–H groups in total. The number of carbonyl (C=O) groups is 3. The van der Waals surface area contributed by atoms with Crippen LogP contribution in [0.1, 0.15) is 175 Å². The highest BCUT2D eigenvalue weighted by Crippen LogP contribution is 2.42. The van der Waals surface area contributed by atoms with Gasteiger partial charge in [0.25, 0.3) is 0 Å². The van der Waals surface area contributed by atoms with Crippen LogP contribution in [0.25, 0.3) is 10.8 Å². The molecule has 0 atom stereocenters. The number of alkyl carbamates (subject to hydrolysis) is 1. The van der Waals surface area contributed by atoms with Gasteiger partial charge in [0, 0.05) is 16.3 Å². The summed E-state index contributed by atoms with van der Waals surface area (Å²) >= 11 is 0. The Labute approximate surface area is 404 Å². The van der Waals surface area contributed by atoms with Crippen LogP contribution in [0.3, 0.4) is 0 Å². The molecular formula is C60H81NO6. The smallest absolute Gasteiger partial charge is 0.408 e. The second-order valence-electron chi connectivity index (χ2n) is 19.4. The maximum absolute atomic E-state index is 13.5. The number of fused-ring (bicyclic) bond motifs is 1. The van der Waals surface area contributed by atoms with Crippen molar-refractivity contribution in [2.75, 3.05) is 6.54 Å². The highest BCUT2D eigenvalue weighted by atomic mass is 16.6. The molecule has 362 valence electrons. The second-order valence-corrected chi connectivity index (χ2v) is 19.4. The van der Waals surface area contributed by atoms with Crippen LogP contribution in [0.4, 0.5) is 4.79 Å². The third-order valence-electron chi connectivity index (χ3n) is 11.6. The molecule has 0 heterocycles. The quantitative estimate of drug-likeness (QED) is 0.0517. The zero-order chi connectivity index (χ0) is 49.4. The van der Waals surface area contributed by atoms with Crippen LogP contribution in [0.2, 0.25) is 0 Å². The number of hydrogen-bond acceptors (Lipinski definition) is 6. The Balaban J connectivity index is 1.58. The fraction of sp³-hybridized carbons (Fsp3) is 0.450. The first-order valence-electron chi connectivity index (χ1n) is 24.4. The maximum Gasteiger partial charge on any atom is 0.408 e. The molecule has 0 aliphatic heterocycles. The predicted octanol–water partition coefficient (Wildman–Crippen LogP) is 16.7. The van der Waals surface area contributed by atoms with E-state index < -0.39 is 23.6 Å². The Kier molecular flexibility index (Phi) is 24.2. The number of carbonyl (C=O) groups excluding carboxylic acids is 3. The number of allylic oxidation sites excluding steroid dienone is 14. The standard InChI is InChI=1S/C60H81NO6/c1-43(2)24-18-25-44(3)26-19-27-45(4)28-20-29-46(5)30-21-31-47(6)32-22-33-48(7)34-23-35-49(8)40-41-52-50(9)56(65-55(62)42-61-59(64)67-60(10,11)12)53-38-16-17-39-54(53)57(52)66-58(63)51-36-14-13-15-37-51/h13-17,24,26,28,30,32,34,36-40H,18-23,25,27,29,31,33,35,41-42H2,1-12H3,(H,61,64). The lowest BCUT2D eigenvalue weighted by Crippen LogP contribution is -2.36. The van der Waals surface area contributed by atoms with Crippen molar-refractivity contribution < 1.29 is 28.6 Å². The number of esters is 2. The SMILES string of the molecule is CC(C)=CCCC(C)=CCCC(C)=CCCC(C)=CCCC(C)=CCCC(C)=CCCC(C)=CCc1c(C)c(OC(=O)CNC(=O)OC(C)(C)C)c2ccccc2c1OC(=O)c1ccccc1. The topological polar surface area (TPSA) is 90.9 Å². The van der Waals surface area contributed by atoms with Crippen LogP contribution in [0, 0.1) is 6.92 Å². The molecule has 0 saturated heterocycles. The van der Waals surface area contributed by atoms with Crippen LogP contribution in [-0.2, 0) is 16.0 Å². The number of rotatable bonds is 25. The van der Waals surface area contributed by atoms with Gasteiger partial charge in [-0.1, -0.05) is 124 Å². The number of nitrogens with one attached hydrogen (secondary N) is 1. The van der Waals surface area contributed by atoms with Gasteiger partial charge in [0.1, 0.15) is 23.6 Å². The van der Waals surface area contributed by atoms with Crippen molar-refractivity contribution in [2.45, 2.75) is 172 Å². The van der Waals surface area contributed by atoms with Crippen molar-refractivity contribution in [3.8, 4) is 11.5 Å². The van der Waals surface area contributed by atoms with Crippen molar-refractivity contribution in [3.63, 3.8) is 0 Å². The molecule has 0 aliphatic carbocycles. The van der Waals surface area contributed by atoms with Crippen molar-refractivity contribution in [1.29, 1.82) is 0 Å². The molecule has 67 heavy (non-hydrogen) atoms. The van der Waals surface area contributed by atoms with E-state index in [-0.39, 0.29) is 6.54 Å². The molecule has 0 aromatic heterocycles. The first-order valence-corrected chi connectivity index (χ1v) is 24.4. The lowest BCUT2D eigenvalue weighted by molar-refractivity contribution is -0.133. The van der Waals surface area contributed by atoms with Gasteiger partial charge < -0.3 is 19.5 Å². The van der Waals surface area contributed by atoms with E-state index in [1.165, 1.54) is 39.0 Å². The molecule has 7 nitrogen and oxygen atoms in total. The first kappa shape index (κ1) is 55.6. The van der Waals surface area contributed by atoms with Crippen LogP contribution in [0.5, 0.6) is 11.5 Å². The molecule has 0 radical (unpaired) electrons. The van der Waals surface area contributed by atoms with Crippen molar-refractivity contribution in [3.05, 3.63) is 153 Å². The van der Waals surface area contributed by atoms with Gasteiger partial charge in [0.05, 0.1) is 5.56 Å². The van der Waals surface area contributed by atoms with Crippen molar-refractivity contribution in [1.82, 2.24) is 5.32 Å². The zero-order valence-corrected chi connectivity index (χ0v) is 43.1. The van der Waals surface area contributed by atoms with E-state index in [0.717, 1.165) is 82.6 Å². The van der Waals surface area contributed by atoms with E-state index in [0.29, 0.717) is 39.8 Å². The van der Waals surface area contributed by atoms with Crippen LogP contribution in [-0.4, -0.2) is 30.2 Å². The summed E-state index contributed by atoms with van der Waals surface area (Å²) in [6.45, 7) is 24.5. The highest BCUT2D eigenvalue weighted by molar-refractivity contribution is 6.00. The van der Waals surface area contributed by atoms with Gasteiger partial charge in [0.15, 0.2) is 0 Å². The molecule has 1 amide bonds. The summed E-state index contributed by atoms with van der Waals surface area (Å²) in [4.78, 5) is 38.9. The van der Waals surface area contributed by atoms with Gasteiger partial charge in [0.2, 0.25) is 0 Å². The fourth-order valence-corrected chi connectivity index (χ4v) is 7.59. The molecule has 3 rings (SSSR count). The van der Waals surface area contributed by atoms with Gasteiger partial charge >= 0.3 is 18.0 Å². The number of benzene rings is 3. The minimum atomic E-state index is -0.711. The molecule has 0 aliphatic rings. The second kappa shape index (κ2) is 29.2. The molecule has 3 aromatic rings. The van der Waals surface area contributed by atoms with E-state index in [2.05, 4.69) is 103 Å². The molecular weight excluding hydrogens is 831 g/mol. The molecule has 0 bridgehead atoms. The van der Waals surface area contributed by atoms with Gasteiger partial charge in [-0.3, -0.25) is 0 Å². The van der Waals surface area contributed by atoms with Crippen LogP contribution in [0.15, 0.2) is 136 Å². The van der Waals surface area contributed by atoms with Crippen LogP contribution < -0.4 is 14.8 Å². The number of amides is 1. The summed E-state index contributed by atoms with van der Waals surface area (Å²) in [6, 6.07) is 16.3. The number of ether oxygens (including phenoxy) is 3. The summed E-state index contributed by atoms with van der Waals surface area (Å²) in [5.74, 6) is -0.346. The molecule has 0 unspecified atom stereocenters. The Hall–Kier alpha value is -5.69. The normalized spacial score (nSPS) is 13.1. The average Bonchev–Trinajstić information content (AvgIpc) is 3.26. The Morgan fingerprint density at radius 2 is 0.925 bits per heavy atom. The minimum absolute atomic E-state index is 0.353. The van der Waals surface area contributed by atoms with Crippen molar-refractivity contribution in [2.24, 2.45) is 0 Å². The maximum atomic E-state index is 13.5. The summed E-state index contributed by atoms with van der Waals surface area (Å²) in [7, 11) is 0. The summed E-state index contributed by atoms with van der Waals surface area (Å²) in [5.41, 5.74) is 11.0. The monoisotopic (exact) mass is 912 g/mol. The Morgan fingerprint density at radius 1 is 0.522 bits per heavy atom.